The molecule has 0 aromatic carbocycles. The van der Waals surface area contributed by atoms with E-state index in [1.165, 1.54) is 0 Å². The van der Waals surface area contributed by atoms with E-state index in [0.29, 0.717) is 6.54 Å². The molecular formula is C5H8N2O. The summed E-state index contributed by atoms with van der Waals surface area (Å²) in [5.41, 5.74) is 3.57. The number of rotatable bonds is 2. The zero-order chi connectivity index (χ0) is 5.82. The summed E-state index contributed by atoms with van der Waals surface area (Å²) >= 11 is 0. The SMILES string of the molecule is NNCc1ccoc1. The molecule has 1 rings (SSSR count). The molecule has 8 heavy (non-hydrogen) atoms. The third-order valence-corrected chi connectivity index (χ3v) is 0.886. The minimum absolute atomic E-state index is 0.663. The van der Waals surface area contributed by atoms with Crippen molar-refractivity contribution in [3.05, 3.63) is 24.2 Å². The normalized spacial score (nSPS) is 9.62. The molecule has 3 nitrogen and oxygen atoms in total. The number of hydrogen-bond acceptors (Lipinski definition) is 3. The Kier molecular flexibility index (Phi) is 1.66. The summed E-state index contributed by atoms with van der Waals surface area (Å²) in [4.78, 5) is 0. The van der Waals surface area contributed by atoms with Gasteiger partial charge in [-0.3, -0.25) is 11.3 Å². The summed E-state index contributed by atoms with van der Waals surface area (Å²) in [6.07, 6.45) is 3.27. The Morgan fingerprint density at radius 1 is 1.75 bits per heavy atom. The number of hydrazine groups is 1. The smallest absolute Gasteiger partial charge is 0.0948 e. The van der Waals surface area contributed by atoms with E-state index in [0.717, 1.165) is 5.56 Å². The van der Waals surface area contributed by atoms with Crippen molar-refractivity contribution < 1.29 is 4.42 Å². The molecule has 1 heterocycles. The Morgan fingerprint density at radius 3 is 3.12 bits per heavy atom. The van der Waals surface area contributed by atoms with Crippen molar-refractivity contribution in [1.29, 1.82) is 0 Å². The lowest BCUT2D eigenvalue weighted by atomic mass is 10.3. The van der Waals surface area contributed by atoms with Crippen LogP contribution in [0.25, 0.3) is 0 Å². The van der Waals surface area contributed by atoms with E-state index in [1.54, 1.807) is 12.5 Å². The summed E-state index contributed by atoms with van der Waals surface area (Å²) in [5.74, 6) is 5.03. The van der Waals surface area contributed by atoms with Gasteiger partial charge < -0.3 is 4.42 Å². The van der Waals surface area contributed by atoms with E-state index >= 15 is 0 Å². The van der Waals surface area contributed by atoms with Gasteiger partial charge in [0.2, 0.25) is 0 Å². The fourth-order valence-corrected chi connectivity index (χ4v) is 0.511. The second-order valence-corrected chi connectivity index (χ2v) is 1.51. The maximum atomic E-state index is 5.03. The molecular weight excluding hydrogens is 104 g/mol. The van der Waals surface area contributed by atoms with Crippen LogP contribution in [0.1, 0.15) is 5.56 Å². The van der Waals surface area contributed by atoms with E-state index in [1.807, 2.05) is 6.07 Å². The highest BCUT2D eigenvalue weighted by Crippen LogP contribution is 1.96. The van der Waals surface area contributed by atoms with Crippen molar-refractivity contribution in [3.8, 4) is 0 Å². The van der Waals surface area contributed by atoms with Gasteiger partial charge in [0.05, 0.1) is 12.5 Å². The van der Waals surface area contributed by atoms with Crippen molar-refractivity contribution in [1.82, 2.24) is 5.43 Å². The van der Waals surface area contributed by atoms with Gasteiger partial charge >= 0.3 is 0 Å². The molecule has 0 bridgehead atoms. The van der Waals surface area contributed by atoms with E-state index in [4.69, 9.17) is 10.3 Å². The summed E-state index contributed by atoms with van der Waals surface area (Å²) in [6, 6.07) is 1.86. The fraction of sp³-hybridized carbons (Fsp3) is 0.200. The van der Waals surface area contributed by atoms with Gasteiger partial charge in [0.15, 0.2) is 0 Å². The third-order valence-electron chi connectivity index (χ3n) is 0.886. The van der Waals surface area contributed by atoms with Gasteiger partial charge in [0, 0.05) is 12.1 Å². The van der Waals surface area contributed by atoms with Crippen LogP contribution in [0.15, 0.2) is 23.0 Å². The van der Waals surface area contributed by atoms with Crippen LogP contribution < -0.4 is 11.3 Å². The van der Waals surface area contributed by atoms with Crippen LogP contribution in [0.2, 0.25) is 0 Å². The lowest BCUT2D eigenvalue weighted by Gasteiger charge is -1.88. The van der Waals surface area contributed by atoms with Crippen molar-refractivity contribution in [2.45, 2.75) is 6.54 Å². The summed E-state index contributed by atoms with van der Waals surface area (Å²) in [6.45, 7) is 0.663. The zero-order valence-corrected chi connectivity index (χ0v) is 4.42. The molecule has 1 aromatic rings. The highest BCUT2D eigenvalue weighted by Gasteiger charge is 1.87. The molecule has 0 amide bonds. The average molecular weight is 112 g/mol. The molecule has 0 saturated heterocycles. The number of hydrogen-bond donors (Lipinski definition) is 2. The number of nitrogens with two attached hydrogens (primary N) is 1. The summed E-state index contributed by atoms with van der Waals surface area (Å²) in [5, 5.41) is 0. The predicted octanol–water partition coefficient (Wildman–Crippen LogP) is 0.243. The summed E-state index contributed by atoms with van der Waals surface area (Å²) < 4.78 is 4.77. The molecule has 0 aliphatic carbocycles. The number of furan rings is 1. The molecule has 0 unspecified atom stereocenters. The average Bonchev–Trinajstić information content (AvgIpc) is 2.19. The third kappa shape index (κ3) is 1.08. The van der Waals surface area contributed by atoms with Gasteiger partial charge in [0.25, 0.3) is 0 Å². The van der Waals surface area contributed by atoms with Gasteiger partial charge in [-0.25, -0.2) is 0 Å². The molecule has 0 saturated carbocycles. The highest BCUT2D eigenvalue weighted by atomic mass is 16.3. The van der Waals surface area contributed by atoms with Crippen molar-refractivity contribution >= 4 is 0 Å². The van der Waals surface area contributed by atoms with Gasteiger partial charge in [-0.2, -0.15) is 0 Å². The van der Waals surface area contributed by atoms with Crippen LogP contribution in [0, 0.1) is 0 Å². The quantitative estimate of drug-likeness (QED) is 0.425. The van der Waals surface area contributed by atoms with Gasteiger partial charge in [-0.1, -0.05) is 0 Å². The molecule has 0 aliphatic heterocycles. The maximum Gasteiger partial charge on any atom is 0.0948 e. The fourth-order valence-electron chi connectivity index (χ4n) is 0.511. The second-order valence-electron chi connectivity index (χ2n) is 1.51. The number of nitrogens with one attached hydrogen (secondary N) is 1. The minimum Gasteiger partial charge on any atom is -0.472 e. The van der Waals surface area contributed by atoms with Crippen molar-refractivity contribution in [2.24, 2.45) is 5.84 Å². The van der Waals surface area contributed by atoms with Gasteiger partial charge in [-0.05, 0) is 6.07 Å². The largest absolute Gasteiger partial charge is 0.472 e. The Balaban J connectivity index is 2.50. The Morgan fingerprint density at radius 2 is 2.62 bits per heavy atom. The first-order valence-electron chi connectivity index (χ1n) is 2.38. The topological polar surface area (TPSA) is 51.2 Å². The van der Waals surface area contributed by atoms with E-state index in [2.05, 4.69) is 5.43 Å². The first kappa shape index (κ1) is 5.34. The summed E-state index contributed by atoms with van der Waals surface area (Å²) in [7, 11) is 0. The standard InChI is InChI=1S/C5H8N2O/c6-7-3-5-1-2-8-4-5/h1-2,4,7H,3,6H2. The molecule has 1 aromatic heterocycles. The molecule has 3 heteroatoms. The van der Waals surface area contributed by atoms with Crippen LogP contribution in [-0.4, -0.2) is 0 Å². The van der Waals surface area contributed by atoms with Gasteiger partial charge in [-0.15, -0.1) is 0 Å². The van der Waals surface area contributed by atoms with E-state index in [-0.39, 0.29) is 0 Å². The second kappa shape index (κ2) is 2.49. The van der Waals surface area contributed by atoms with E-state index in [9.17, 15) is 0 Å². The first-order chi connectivity index (χ1) is 3.93. The lowest BCUT2D eigenvalue weighted by Crippen LogP contribution is -2.20. The lowest BCUT2D eigenvalue weighted by molar-refractivity contribution is 0.561. The molecule has 0 aliphatic rings. The van der Waals surface area contributed by atoms with Crippen molar-refractivity contribution in [2.75, 3.05) is 0 Å². The molecule has 3 N–H and O–H groups in total. The van der Waals surface area contributed by atoms with Crippen molar-refractivity contribution in [3.63, 3.8) is 0 Å². The maximum absolute atomic E-state index is 5.03. The molecule has 44 valence electrons. The van der Waals surface area contributed by atoms with Crippen LogP contribution >= 0.6 is 0 Å². The van der Waals surface area contributed by atoms with E-state index < -0.39 is 0 Å². The highest BCUT2D eigenvalue weighted by molar-refractivity contribution is 5.03. The monoisotopic (exact) mass is 112 g/mol. The molecule has 0 spiro atoms. The molecule has 0 atom stereocenters. The Bertz CT molecular complexity index is 136. The zero-order valence-electron chi connectivity index (χ0n) is 4.42. The minimum atomic E-state index is 0.663. The van der Waals surface area contributed by atoms with Gasteiger partial charge in [0.1, 0.15) is 0 Å². The van der Waals surface area contributed by atoms with Crippen LogP contribution in [0.4, 0.5) is 0 Å². The van der Waals surface area contributed by atoms with Crippen LogP contribution in [0.3, 0.4) is 0 Å². The van der Waals surface area contributed by atoms with Crippen LogP contribution in [-0.2, 0) is 6.54 Å². The first-order valence-corrected chi connectivity index (χ1v) is 2.38. The Labute approximate surface area is 47.5 Å². The van der Waals surface area contributed by atoms with Crippen LogP contribution in [0.5, 0.6) is 0 Å². The molecule has 0 radical (unpaired) electrons. The molecule has 0 fully saturated rings. The predicted molar refractivity (Wildman–Crippen MR) is 29.7 cm³/mol. The Hall–Kier alpha value is -0.800.